The van der Waals surface area contributed by atoms with Crippen molar-refractivity contribution in [3.8, 4) is 22.4 Å². The summed E-state index contributed by atoms with van der Waals surface area (Å²) in [6.45, 7) is 0. The quantitative estimate of drug-likeness (QED) is 0.276. The molecule has 3 atom stereocenters. The molecule has 1 amide bonds. The smallest absolute Gasteiger partial charge is 0.292 e. The normalized spacial score (nSPS) is 22.1. The van der Waals surface area contributed by atoms with E-state index < -0.39 is 15.4 Å². The van der Waals surface area contributed by atoms with E-state index in [4.69, 9.17) is 10.7 Å². The minimum Gasteiger partial charge on any atom is -0.383 e. The molecule has 0 aliphatic carbocycles. The maximum absolute atomic E-state index is 13.2. The Balaban J connectivity index is 1.32. The molecule has 2 saturated heterocycles. The van der Waals surface area contributed by atoms with E-state index in [1.165, 1.54) is 10.8 Å². The Morgan fingerprint density at radius 3 is 2.43 bits per heavy atom. The van der Waals surface area contributed by atoms with Gasteiger partial charge in [0.1, 0.15) is 22.6 Å². The Bertz CT molecular complexity index is 1910. The first kappa shape index (κ1) is 26.2. The van der Waals surface area contributed by atoms with Gasteiger partial charge in [-0.25, -0.2) is 13.4 Å². The summed E-state index contributed by atoms with van der Waals surface area (Å²) in [4.78, 5) is 26.7. The van der Waals surface area contributed by atoms with Gasteiger partial charge in [0.25, 0.3) is 5.91 Å². The number of fused-ring (bicyclic) bond motifs is 3. The van der Waals surface area contributed by atoms with Crippen LogP contribution in [0.5, 0.6) is 0 Å². The number of amides is 1. The summed E-state index contributed by atoms with van der Waals surface area (Å²) in [5.41, 5.74) is 8.11. The third-order valence-electron chi connectivity index (χ3n) is 8.21. The number of nitrogens with two attached hydrogens (primary N) is 1. The molecule has 4 aromatic heterocycles. The first-order valence-corrected chi connectivity index (χ1v) is 15.3. The van der Waals surface area contributed by atoms with Gasteiger partial charge in [-0.05, 0) is 18.9 Å². The van der Waals surface area contributed by atoms with Gasteiger partial charge >= 0.3 is 0 Å². The van der Waals surface area contributed by atoms with E-state index >= 15 is 0 Å². The van der Waals surface area contributed by atoms with Gasteiger partial charge in [-0.2, -0.15) is 9.61 Å². The maximum atomic E-state index is 13.2. The van der Waals surface area contributed by atoms with Crippen LogP contribution >= 0.6 is 0 Å². The molecule has 0 spiro atoms. The summed E-state index contributed by atoms with van der Waals surface area (Å²) < 4.78 is 27.5. The molecule has 0 unspecified atom stereocenters. The van der Waals surface area contributed by atoms with Gasteiger partial charge in [0, 0.05) is 54.1 Å². The van der Waals surface area contributed by atoms with Crippen molar-refractivity contribution in [1.82, 2.24) is 39.7 Å². The number of aromatic nitrogens is 7. The van der Waals surface area contributed by atoms with Crippen LogP contribution in [-0.4, -0.2) is 77.4 Å². The van der Waals surface area contributed by atoms with Crippen LogP contribution < -0.4 is 5.73 Å². The first-order valence-electron chi connectivity index (χ1n) is 13.4. The number of benzene rings is 1. The highest BCUT2D eigenvalue weighted by molar-refractivity contribution is 7.91. The Morgan fingerprint density at radius 2 is 1.81 bits per heavy atom. The minimum absolute atomic E-state index is 0.0331. The van der Waals surface area contributed by atoms with E-state index in [0.29, 0.717) is 29.6 Å². The summed E-state index contributed by atoms with van der Waals surface area (Å²) in [6.07, 6.45) is 7.10. The molecule has 2 aliphatic heterocycles. The Hall–Kier alpha value is -4.69. The molecular formula is C28H27N9O4S. The molecule has 2 bridgehead atoms. The highest BCUT2D eigenvalue weighted by Crippen LogP contribution is 2.48. The Morgan fingerprint density at radius 1 is 1.07 bits per heavy atom. The number of H-pyrrole nitrogens is 1. The van der Waals surface area contributed by atoms with Crippen LogP contribution in [0.15, 0.2) is 66.1 Å². The van der Waals surface area contributed by atoms with Gasteiger partial charge in [-0.1, -0.05) is 36.4 Å². The van der Waals surface area contributed by atoms with Gasteiger partial charge in [0.2, 0.25) is 5.82 Å². The molecule has 2 fully saturated rings. The summed E-state index contributed by atoms with van der Waals surface area (Å²) in [7, 11) is -3.94. The van der Waals surface area contributed by atoms with Crippen molar-refractivity contribution in [2.75, 3.05) is 12.0 Å². The molecule has 4 N–H and O–H groups in total. The second kappa shape index (κ2) is 9.42. The van der Waals surface area contributed by atoms with Gasteiger partial charge < -0.3 is 20.7 Å². The number of aliphatic hydroxyl groups is 1. The summed E-state index contributed by atoms with van der Waals surface area (Å²) in [5.74, 6) is -0.329. The number of hydrogen-bond acceptors (Lipinski definition) is 10. The van der Waals surface area contributed by atoms with E-state index in [-0.39, 0.29) is 53.1 Å². The van der Waals surface area contributed by atoms with Crippen LogP contribution in [0, 0.1) is 0 Å². The van der Waals surface area contributed by atoms with E-state index in [1.54, 1.807) is 17.3 Å². The van der Waals surface area contributed by atoms with Crippen LogP contribution in [0.2, 0.25) is 0 Å². The second-order valence-electron chi connectivity index (χ2n) is 10.9. The van der Waals surface area contributed by atoms with Gasteiger partial charge in [0.05, 0.1) is 17.6 Å². The molecule has 2 aliphatic rings. The highest BCUT2D eigenvalue weighted by atomic mass is 32.2. The number of hydrogen-bond donors (Lipinski definition) is 3. The summed E-state index contributed by atoms with van der Waals surface area (Å²) in [6, 6.07) is 12.8. The zero-order valence-corrected chi connectivity index (χ0v) is 23.4. The number of carbonyl (C=O) groups excluding carboxylic acids is 1. The van der Waals surface area contributed by atoms with Crippen molar-refractivity contribution < 1.29 is 18.3 Å². The monoisotopic (exact) mass is 585 g/mol. The van der Waals surface area contributed by atoms with Crippen molar-refractivity contribution >= 4 is 27.2 Å². The lowest BCUT2D eigenvalue weighted by molar-refractivity contribution is -0.0529. The molecule has 42 heavy (non-hydrogen) atoms. The van der Waals surface area contributed by atoms with Crippen LogP contribution in [0.1, 0.15) is 42.0 Å². The number of nitrogens with zero attached hydrogens (tertiary/aromatic N) is 7. The van der Waals surface area contributed by atoms with Crippen molar-refractivity contribution in [1.29, 1.82) is 0 Å². The van der Waals surface area contributed by atoms with Crippen molar-refractivity contribution in [2.45, 2.75) is 48.3 Å². The SMILES string of the molecule is CS(=O)(=O)c1c([C@@]2(O)C[C@H]3CC[C@@H](C2)N3C(=O)c2nnc[nH]2)nc2c(-c3ccc(-c4ccccc4)nc3)cnn2c1N. The fourth-order valence-corrected chi connectivity index (χ4v) is 7.45. The molecule has 7 rings (SSSR count). The zero-order valence-electron chi connectivity index (χ0n) is 22.5. The molecule has 5 aromatic rings. The van der Waals surface area contributed by atoms with Crippen LogP contribution in [0.4, 0.5) is 5.82 Å². The Labute approximate surface area is 240 Å². The number of pyridine rings is 1. The summed E-state index contributed by atoms with van der Waals surface area (Å²) in [5, 5.41) is 24.0. The molecule has 214 valence electrons. The van der Waals surface area contributed by atoms with Gasteiger partial charge in [0.15, 0.2) is 15.5 Å². The first-order chi connectivity index (χ1) is 20.1. The standard InChI is InChI=1S/C28H27N9O4S/c1-42(40,41)22-23(28(39)11-18-8-9-19(12-28)36(18)27(38)25-31-15-32-35-25)34-26-20(14-33-37(26)24(22)29)17-7-10-21(30-13-17)16-5-3-2-4-6-16/h2-7,10,13-15,18-19,39H,8-9,11-12,29H2,1H3,(H,31,32,35)/t18-,19+,28-. The van der Waals surface area contributed by atoms with E-state index in [0.717, 1.165) is 17.5 Å². The maximum Gasteiger partial charge on any atom is 0.292 e. The number of sulfone groups is 1. The highest BCUT2D eigenvalue weighted by Gasteiger charge is 2.53. The molecule has 13 nitrogen and oxygen atoms in total. The molecular weight excluding hydrogens is 558 g/mol. The van der Waals surface area contributed by atoms with Gasteiger partial charge in [-0.15, -0.1) is 10.2 Å². The van der Waals surface area contributed by atoms with Crippen LogP contribution in [-0.2, 0) is 15.4 Å². The van der Waals surface area contributed by atoms with Gasteiger partial charge in [-0.3, -0.25) is 9.78 Å². The lowest BCUT2D eigenvalue weighted by atomic mass is 9.83. The van der Waals surface area contributed by atoms with Crippen molar-refractivity contribution in [3.63, 3.8) is 0 Å². The lowest BCUT2D eigenvalue weighted by Crippen LogP contribution is -2.52. The molecule has 14 heteroatoms. The topological polar surface area (TPSA) is 185 Å². The Kier molecular flexibility index (Phi) is 5.88. The van der Waals surface area contributed by atoms with Crippen molar-refractivity contribution in [2.24, 2.45) is 0 Å². The second-order valence-corrected chi connectivity index (χ2v) is 12.9. The average Bonchev–Trinajstić information content (AvgIpc) is 3.72. The number of aromatic amines is 1. The largest absolute Gasteiger partial charge is 0.383 e. The van der Waals surface area contributed by atoms with Crippen LogP contribution in [0.3, 0.4) is 0 Å². The van der Waals surface area contributed by atoms with E-state index in [1.807, 2.05) is 42.5 Å². The minimum atomic E-state index is -3.94. The molecule has 1 aromatic carbocycles. The molecule has 0 radical (unpaired) electrons. The molecule has 6 heterocycles. The predicted molar refractivity (Wildman–Crippen MR) is 152 cm³/mol. The third kappa shape index (κ3) is 4.13. The lowest BCUT2D eigenvalue weighted by Gasteiger charge is -2.43. The van der Waals surface area contributed by atoms with Crippen LogP contribution in [0.25, 0.3) is 28.0 Å². The number of carbonyl (C=O) groups is 1. The number of anilines is 1. The summed E-state index contributed by atoms with van der Waals surface area (Å²) >= 11 is 0. The zero-order chi connectivity index (χ0) is 29.2. The fourth-order valence-electron chi connectivity index (χ4n) is 6.40. The average molecular weight is 586 g/mol. The fraction of sp³-hybridized carbons (Fsp3) is 0.286. The van der Waals surface area contributed by atoms with Crippen molar-refractivity contribution in [3.05, 3.63) is 72.7 Å². The third-order valence-corrected chi connectivity index (χ3v) is 9.36. The number of piperidine rings is 1. The van der Waals surface area contributed by atoms with E-state index in [2.05, 4.69) is 25.3 Å². The number of nitrogen functional groups attached to an aromatic ring is 1. The number of nitrogens with one attached hydrogen (secondary N) is 1. The number of rotatable bonds is 5. The molecule has 0 saturated carbocycles. The predicted octanol–water partition coefficient (Wildman–Crippen LogP) is 2.22. The van der Waals surface area contributed by atoms with E-state index in [9.17, 15) is 18.3 Å².